The largest absolute Gasteiger partial charge is 0.303 e. The molecule has 30 heavy (non-hydrogen) atoms. The van der Waals surface area contributed by atoms with Gasteiger partial charge in [-0.2, -0.15) is 0 Å². The molecule has 0 N–H and O–H groups in total. The second kappa shape index (κ2) is 25.2. The maximum absolute atomic E-state index is 2.66. The van der Waals surface area contributed by atoms with Gasteiger partial charge in [-0.25, -0.2) is 0 Å². The second-order valence-corrected chi connectivity index (χ2v) is 10.1. The van der Waals surface area contributed by atoms with E-state index in [-0.39, 0.29) is 0 Å². The fraction of sp³-hybridized carbons (Fsp3) is 1.00. The van der Waals surface area contributed by atoms with Gasteiger partial charge in [-0.1, -0.05) is 156 Å². The smallest absolute Gasteiger partial charge is 0.000680 e. The molecule has 0 aliphatic heterocycles. The zero-order valence-electron chi connectivity index (χ0n) is 22.0. The van der Waals surface area contributed by atoms with Gasteiger partial charge in [0, 0.05) is 6.54 Å². The van der Waals surface area contributed by atoms with E-state index in [1.54, 1.807) is 0 Å². The van der Waals surface area contributed by atoms with Crippen LogP contribution in [-0.4, -0.2) is 24.5 Å². The zero-order valence-corrected chi connectivity index (χ0v) is 22.0. The summed E-state index contributed by atoms with van der Waals surface area (Å²) in [5, 5.41) is 0. The normalized spacial score (nSPS) is 12.7. The van der Waals surface area contributed by atoms with Crippen LogP contribution in [0.25, 0.3) is 0 Å². The van der Waals surface area contributed by atoms with Crippen molar-refractivity contribution in [1.82, 2.24) is 4.90 Å². The van der Waals surface area contributed by atoms with Crippen LogP contribution < -0.4 is 0 Å². The van der Waals surface area contributed by atoms with Crippen molar-refractivity contribution >= 4 is 0 Å². The molecule has 1 nitrogen and oxygen atoms in total. The van der Waals surface area contributed by atoms with Crippen LogP contribution in [0.15, 0.2) is 0 Å². The van der Waals surface area contributed by atoms with Crippen LogP contribution in [0.1, 0.15) is 163 Å². The average Bonchev–Trinajstić information content (AvgIpc) is 2.76. The maximum Gasteiger partial charge on any atom is 0.000680 e. The van der Waals surface area contributed by atoms with Crippen LogP contribution >= 0.6 is 0 Å². The van der Waals surface area contributed by atoms with Crippen molar-refractivity contribution in [2.24, 2.45) is 5.92 Å². The lowest BCUT2D eigenvalue weighted by Crippen LogP contribution is -2.29. The van der Waals surface area contributed by atoms with Gasteiger partial charge in [-0.15, -0.1) is 0 Å². The molecule has 0 saturated carbocycles. The highest BCUT2D eigenvalue weighted by molar-refractivity contribution is 4.61. The Kier molecular flexibility index (Phi) is 25.2. The first-order valence-electron chi connectivity index (χ1n) is 14.5. The van der Waals surface area contributed by atoms with Crippen LogP contribution in [0.2, 0.25) is 0 Å². The number of hydrogen-bond donors (Lipinski definition) is 0. The van der Waals surface area contributed by atoms with Crippen LogP contribution in [0.3, 0.4) is 0 Å². The molecule has 0 bridgehead atoms. The van der Waals surface area contributed by atoms with E-state index in [4.69, 9.17) is 0 Å². The summed E-state index contributed by atoms with van der Waals surface area (Å²) in [5.41, 5.74) is 0. The molecule has 1 heteroatoms. The lowest BCUT2D eigenvalue weighted by molar-refractivity contribution is 0.240. The van der Waals surface area contributed by atoms with Crippen LogP contribution in [0.5, 0.6) is 0 Å². The fourth-order valence-corrected chi connectivity index (χ4v) is 4.54. The lowest BCUT2D eigenvalue weighted by Gasteiger charge is -2.23. The van der Waals surface area contributed by atoms with Gasteiger partial charge in [0.15, 0.2) is 0 Å². The van der Waals surface area contributed by atoms with Crippen LogP contribution in [-0.2, 0) is 0 Å². The predicted molar refractivity (Wildman–Crippen MR) is 140 cm³/mol. The Labute approximate surface area is 193 Å². The van der Waals surface area contributed by atoms with Gasteiger partial charge in [-0.05, 0) is 25.4 Å². The molecule has 0 aliphatic carbocycles. The summed E-state index contributed by atoms with van der Waals surface area (Å²) in [5.74, 6) is 0.857. The Morgan fingerprint density at radius 3 is 1.10 bits per heavy atom. The first kappa shape index (κ1) is 30.0. The molecule has 1 atom stereocenters. The summed E-state index contributed by atoms with van der Waals surface area (Å²) in [6, 6.07) is 0. The third kappa shape index (κ3) is 22.6. The summed E-state index contributed by atoms with van der Waals surface area (Å²) in [7, 11) is 0. The lowest BCUT2D eigenvalue weighted by atomic mass is 10.0. The highest BCUT2D eigenvalue weighted by Crippen LogP contribution is 2.15. The molecule has 182 valence electrons. The van der Waals surface area contributed by atoms with Gasteiger partial charge in [0.05, 0.1) is 0 Å². The van der Waals surface area contributed by atoms with Gasteiger partial charge >= 0.3 is 0 Å². The first-order chi connectivity index (χ1) is 14.7. The Balaban J connectivity index is 3.16. The van der Waals surface area contributed by atoms with E-state index in [0.29, 0.717) is 0 Å². The van der Waals surface area contributed by atoms with E-state index < -0.39 is 0 Å². The molecule has 0 fully saturated rings. The molecular weight excluding hydrogens is 362 g/mol. The minimum absolute atomic E-state index is 0.857. The minimum atomic E-state index is 0.857. The van der Waals surface area contributed by atoms with E-state index in [1.165, 1.54) is 154 Å². The van der Waals surface area contributed by atoms with Crippen LogP contribution in [0.4, 0.5) is 0 Å². The predicted octanol–water partition coefficient (Wildman–Crippen LogP) is 10.2. The molecule has 0 aromatic carbocycles. The van der Waals surface area contributed by atoms with Crippen molar-refractivity contribution < 1.29 is 0 Å². The van der Waals surface area contributed by atoms with Gasteiger partial charge in [0.1, 0.15) is 0 Å². The average molecular weight is 424 g/mol. The summed E-state index contributed by atoms with van der Waals surface area (Å²) < 4.78 is 0. The Morgan fingerprint density at radius 1 is 0.467 bits per heavy atom. The summed E-state index contributed by atoms with van der Waals surface area (Å²) in [6.07, 6.45) is 30.7. The third-order valence-electron chi connectivity index (χ3n) is 7.04. The summed E-state index contributed by atoms with van der Waals surface area (Å²) in [6.45, 7) is 13.2. The van der Waals surface area contributed by atoms with Crippen molar-refractivity contribution in [3.63, 3.8) is 0 Å². The molecule has 0 spiro atoms. The number of hydrogen-bond acceptors (Lipinski definition) is 1. The topological polar surface area (TPSA) is 3.24 Å². The second-order valence-electron chi connectivity index (χ2n) is 10.1. The minimum Gasteiger partial charge on any atom is -0.303 e. The first-order valence-corrected chi connectivity index (χ1v) is 14.5. The molecule has 0 aliphatic rings. The molecule has 0 aromatic rings. The Bertz CT molecular complexity index is 301. The molecule has 1 unspecified atom stereocenters. The maximum atomic E-state index is 2.66. The van der Waals surface area contributed by atoms with E-state index in [2.05, 4.69) is 32.6 Å². The van der Waals surface area contributed by atoms with Gasteiger partial charge in [-0.3, -0.25) is 0 Å². The van der Waals surface area contributed by atoms with E-state index in [9.17, 15) is 0 Å². The molecule has 0 saturated heterocycles. The molecular formula is C29H61N. The van der Waals surface area contributed by atoms with Crippen molar-refractivity contribution in [2.75, 3.05) is 19.6 Å². The zero-order chi connectivity index (χ0) is 22.1. The van der Waals surface area contributed by atoms with Gasteiger partial charge in [0.2, 0.25) is 0 Å². The van der Waals surface area contributed by atoms with Crippen molar-refractivity contribution in [2.45, 2.75) is 163 Å². The highest BCUT2D eigenvalue weighted by Gasteiger charge is 2.06. The van der Waals surface area contributed by atoms with Gasteiger partial charge in [0.25, 0.3) is 0 Å². The molecule has 0 aromatic heterocycles. The Hall–Kier alpha value is -0.0400. The fourth-order valence-electron chi connectivity index (χ4n) is 4.54. The molecule has 0 amide bonds. The number of unbranched alkanes of at least 4 members (excludes halogenated alkanes) is 19. The molecule has 0 radical (unpaired) electrons. The van der Waals surface area contributed by atoms with E-state index in [1.807, 2.05) is 0 Å². The van der Waals surface area contributed by atoms with E-state index >= 15 is 0 Å². The molecule has 0 rings (SSSR count). The summed E-state index contributed by atoms with van der Waals surface area (Å²) >= 11 is 0. The van der Waals surface area contributed by atoms with E-state index in [0.717, 1.165) is 5.92 Å². The number of nitrogens with zero attached hydrogens (tertiary/aromatic N) is 1. The summed E-state index contributed by atoms with van der Waals surface area (Å²) in [4.78, 5) is 2.66. The third-order valence-corrected chi connectivity index (χ3v) is 7.04. The number of rotatable bonds is 25. The molecule has 0 heterocycles. The van der Waals surface area contributed by atoms with Crippen molar-refractivity contribution in [3.8, 4) is 0 Å². The van der Waals surface area contributed by atoms with Gasteiger partial charge < -0.3 is 4.90 Å². The SMILES string of the molecule is CCCCCCCCCCCCCCCCCCCCCCN(CC)CC(C)CC. The van der Waals surface area contributed by atoms with Crippen molar-refractivity contribution in [3.05, 3.63) is 0 Å². The van der Waals surface area contributed by atoms with Crippen molar-refractivity contribution in [1.29, 1.82) is 0 Å². The monoisotopic (exact) mass is 423 g/mol. The highest BCUT2D eigenvalue weighted by atomic mass is 15.1. The standard InChI is InChI=1S/C29H61N/c1-5-8-9-10-11-12-13-14-15-16-17-18-19-20-21-22-23-24-25-26-27-30(7-3)28-29(4)6-2/h29H,5-28H2,1-4H3. The van der Waals surface area contributed by atoms with Crippen LogP contribution in [0, 0.1) is 5.92 Å². The quantitative estimate of drug-likeness (QED) is 0.132. The Morgan fingerprint density at radius 2 is 0.800 bits per heavy atom.